The van der Waals surface area contributed by atoms with Gasteiger partial charge in [0, 0.05) is 0 Å². The normalized spacial score (nSPS) is 16.4. The van der Waals surface area contributed by atoms with Crippen molar-refractivity contribution in [3.05, 3.63) is 0 Å². The first-order valence-electron chi connectivity index (χ1n) is 9.05. The second kappa shape index (κ2) is 9.29. The van der Waals surface area contributed by atoms with E-state index < -0.39 is 83.5 Å². The summed E-state index contributed by atoms with van der Waals surface area (Å²) in [4.78, 5) is 0. The summed E-state index contributed by atoms with van der Waals surface area (Å²) >= 11 is 0. The zero-order valence-corrected chi connectivity index (χ0v) is 19.5. The molecule has 0 aromatic carbocycles. The first kappa shape index (κ1) is 34.9. The summed E-state index contributed by atoms with van der Waals surface area (Å²) in [5.41, 5.74) is 0. The number of rotatable bonds is 12. The molecule has 0 bridgehead atoms. The van der Waals surface area contributed by atoms with Crippen LogP contribution in [-0.2, 0) is 14.0 Å². The maximum atomic E-state index is 14.0. The lowest BCUT2D eigenvalue weighted by atomic mass is 9.91. The third kappa shape index (κ3) is 4.55. The van der Waals surface area contributed by atoms with E-state index in [1.54, 1.807) is 0 Å². The molecule has 36 heavy (non-hydrogen) atoms. The van der Waals surface area contributed by atoms with Crippen molar-refractivity contribution in [1.29, 1.82) is 0 Å². The lowest BCUT2D eigenvalue weighted by Crippen LogP contribution is -2.75. The summed E-state index contributed by atoms with van der Waals surface area (Å²) in [5, 5.41) is -7.62. The molecule has 0 rings (SSSR count). The van der Waals surface area contributed by atoms with Crippen molar-refractivity contribution in [2.24, 2.45) is 0 Å². The molecule has 0 aromatic rings. The van der Waals surface area contributed by atoms with Crippen LogP contribution in [0.2, 0.25) is 18.1 Å². The Balaban J connectivity index is 7.00. The van der Waals surface area contributed by atoms with Gasteiger partial charge in [-0.2, -0.15) is 83.1 Å². The molecule has 0 N–H and O–H groups in total. The van der Waals surface area contributed by atoms with Gasteiger partial charge in [0.15, 0.2) is 0 Å². The van der Waals surface area contributed by atoms with Gasteiger partial charge in [0.05, 0.1) is 0 Å². The molecule has 218 valence electrons. The van der Waals surface area contributed by atoms with Gasteiger partial charge >= 0.3 is 57.1 Å². The molecule has 0 unspecified atom stereocenters. The van der Waals surface area contributed by atoms with Crippen LogP contribution in [-0.4, -0.2) is 63.7 Å². The van der Waals surface area contributed by atoms with Crippen LogP contribution in [0, 0.1) is 0 Å². The van der Waals surface area contributed by atoms with Gasteiger partial charge in [0.2, 0.25) is 8.32 Å². The Morgan fingerprint density at radius 2 is 0.750 bits per heavy atom. The van der Waals surface area contributed by atoms with Crippen molar-refractivity contribution in [1.82, 2.24) is 0 Å². The van der Waals surface area contributed by atoms with E-state index in [9.17, 15) is 83.1 Å². The van der Waals surface area contributed by atoms with Gasteiger partial charge in [0.25, 0.3) is 0 Å². The van der Waals surface area contributed by atoms with Gasteiger partial charge in [-0.15, -0.1) is 0 Å². The minimum absolute atomic E-state index is 0.510. The van der Waals surface area contributed by atoms with Gasteiger partial charge in [-0.1, -0.05) is 20.8 Å². The average Bonchev–Trinajstić information content (AvgIpc) is 2.70. The molecule has 0 saturated carbocycles. The third-order valence-corrected chi connectivity index (χ3v) is 12.3. The first-order chi connectivity index (χ1) is 15.4. The Bertz CT molecular complexity index is 885. The fourth-order valence-corrected chi connectivity index (χ4v) is 8.16. The average molecular weight is 614 g/mol. The molecular formula is C14H15F17O3SSi. The van der Waals surface area contributed by atoms with Crippen molar-refractivity contribution in [3.8, 4) is 0 Å². The van der Waals surface area contributed by atoms with E-state index in [2.05, 4.69) is 3.87 Å². The van der Waals surface area contributed by atoms with Gasteiger partial charge in [0.1, 0.15) is 0 Å². The van der Waals surface area contributed by atoms with Crippen LogP contribution in [0.15, 0.2) is 0 Å². The Kier molecular flexibility index (Phi) is 9.02. The van der Waals surface area contributed by atoms with E-state index in [4.69, 9.17) is 0 Å². The number of alkyl halides is 17. The molecule has 0 spiro atoms. The minimum atomic E-state index is -8.85. The summed E-state index contributed by atoms with van der Waals surface area (Å²) in [7, 11) is -11.6. The SMILES string of the molecule is CC[Si](CC)(CC)OS(=O)(=O)C(F)(F)C(F)(F)C(F)(F)C(F)(F)C(F)(F)C(F)(F)C(F)(F)C(F)(F)F. The van der Waals surface area contributed by atoms with E-state index in [-0.39, 0.29) is 0 Å². The predicted octanol–water partition coefficient (Wildman–Crippen LogP) is 7.30. The van der Waals surface area contributed by atoms with Crippen LogP contribution in [0.25, 0.3) is 0 Å². The molecular weight excluding hydrogens is 599 g/mol. The fraction of sp³-hybridized carbons (Fsp3) is 1.00. The highest BCUT2D eigenvalue weighted by Crippen LogP contribution is 2.64. The second-order valence-corrected chi connectivity index (χ2v) is 13.8. The highest BCUT2D eigenvalue weighted by Gasteiger charge is 2.96. The number of hydrogen-bond acceptors (Lipinski definition) is 3. The second-order valence-electron chi connectivity index (χ2n) is 7.24. The Morgan fingerprint density at radius 1 is 0.500 bits per heavy atom. The van der Waals surface area contributed by atoms with Gasteiger partial charge in [-0.3, -0.25) is 0 Å². The van der Waals surface area contributed by atoms with E-state index >= 15 is 0 Å². The molecule has 0 aliphatic rings. The fourth-order valence-electron chi connectivity index (χ4n) is 2.52. The largest absolute Gasteiger partial charge is 0.460 e. The third-order valence-electron chi connectivity index (χ3n) is 5.23. The maximum absolute atomic E-state index is 14.0. The van der Waals surface area contributed by atoms with Gasteiger partial charge in [-0.25, -0.2) is 0 Å². The first-order valence-corrected chi connectivity index (χ1v) is 13.0. The molecule has 0 aromatic heterocycles. The quantitative estimate of drug-likeness (QED) is 0.171. The van der Waals surface area contributed by atoms with Gasteiger partial charge < -0.3 is 3.87 Å². The summed E-state index contributed by atoms with van der Waals surface area (Å²) in [6.45, 7) is 3.12. The summed E-state index contributed by atoms with van der Waals surface area (Å²) in [6.07, 6.45) is -7.87. The van der Waals surface area contributed by atoms with Crippen molar-refractivity contribution in [2.75, 3.05) is 0 Å². The minimum Gasteiger partial charge on any atom is -0.310 e. The number of halogens is 17. The Morgan fingerprint density at radius 3 is 1.00 bits per heavy atom. The Labute approximate surface area is 192 Å². The molecule has 0 heterocycles. The van der Waals surface area contributed by atoms with Crippen molar-refractivity contribution < 1.29 is 86.9 Å². The monoisotopic (exact) mass is 614 g/mol. The molecule has 0 aliphatic carbocycles. The highest BCUT2D eigenvalue weighted by molar-refractivity contribution is 7.89. The number of hydrogen-bond donors (Lipinski definition) is 0. The zero-order chi connectivity index (χ0) is 29.8. The Hall–Kier alpha value is -1.06. The zero-order valence-electron chi connectivity index (χ0n) is 17.7. The summed E-state index contributed by atoms with van der Waals surface area (Å²) in [6, 6.07) is -1.53. The maximum Gasteiger partial charge on any atom is 0.460 e. The van der Waals surface area contributed by atoms with Crippen molar-refractivity contribution in [2.45, 2.75) is 85.9 Å². The van der Waals surface area contributed by atoms with Crippen LogP contribution in [0.1, 0.15) is 20.8 Å². The van der Waals surface area contributed by atoms with Crippen LogP contribution in [0.3, 0.4) is 0 Å². The van der Waals surface area contributed by atoms with E-state index in [0.29, 0.717) is 0 Å². The highest BCUT2D eigenvalue weighted by atomic mass is 32.2. The lowest BCUT2D eigenvalue weighted by molar-refractivity contribution is -0.458. The molecule has 0 amide bonds. The molecule has 0 aliphatic heterocycles. The molecule has 0 saturated heterocycles. The smallest absolute Gasteiger partial charge is 0.310 e. The lowest BCUT2D eigenvalue weighted by Gasteiger charge is -2.42. The molecule has 3 nitrogen and oxygen atoms in total. The van der Waals surface area contributed by atoms with Crippen LogP contribution in [0.4, 0.5) is 74.6 Å². The summed E-state index contributed by atoms with van der Waals surface area (Å²) < 4.78 is 253. The van der Waals surface area contributed by atoms with Crippen LogP contribution < -0.4 is 0 Å². The topological polar surface area (TPSA) is 43.4 Å². The van der Waals surface area contributed by atoms with Crippen molar-refractivity contribution in [3.63, 3.8) is 0 Å². The van der Waals surface area contributed by atoms with Crippen LogP contribution in [0.5, 0.6) is 0 Å². The molecule has 0 fully saturated rings. The van der Waals surface area contributed by atoms with E-state index in [0.717, 1.165) is 20.8 Å². The van der Waals surface area contributed by atoms with E-state index in [1.165, 1.54) is 0 Å². The predicted molar refractivity (Wildman–Crippen MR) is 87.9 cm³/mol. The van der Waals surface area contributed by atoms with Gasteiger partial charge in [-0.05, 0) is 18.1 Å². The van der Waals surface area contributed by atoms with Crippen molar-refractivity contribution >= 4 is 18.4 Å². The van der Waals surface area contributed by atoms with Crippen LogP contribution >= 0.6 is 0 Å². The molecule has 0 atom stereocenters. The summed E-state index contributed by atoms with van der Waals surface area (Å²) in [5.74, 6) is -51.7. The molecule has 22 heteroatoms. The van der Waals surface area contributed by atoms with E-state index in [1.807, 2.05) is 0 Å². The standard InChI is InChI=1S/C14H15F17O3SSi/c1-4-36(5-2,6-3)34-35(32,33)14(30,31)12(25,26)10(21,22)8(17,18)7(15,16)9(19,20)11(23,24)13(27,28)29/h4-6H2,1-3H3. The molecule has 0 radical (unpaired) electrons.